The Hall–Kier alpha value is -1.12. The summed E-state index contributed by atoms with van der Waals surface area (Å²) in [5, 5.41) is 8.29. The number of nitrogens with zero attached hydrogens (tertiary/aromatic N) is 2. The molecule has 88 valence electrons. The van der Waals surface area contributed by atoms with Gasteiger partial charge in [0.15, 0.2) is 10.3 Å². The largest absolute Gasteiger partial charge is 0.155 e. The first-order chi connectivity index (χ1) is 8.06. The van der Waals surface area contributed by atoms with Gasteiger partial charge in [0.2, 0.25) is 0 Å². The molecule has 1 heterocycles. The molecule has 0 atom stereocenters. The molecule has 0 saturated carbocycles. The van der Waals surface area contributed by atoms with Gasteiger partial charge in [-0.15, -0.1) is 10.2 Å². The molecule has 2 aromatic rings. The minimum atomic E-state index is 0.370. The van der Waals surface area contributed by atoms with E-state index < -0.39 is 0 Å². The number of aryl methyl sites for hydroxylation is 2. The van der Waals surface area contributed by atoms with E-state index >= 15 is 0 Å². The molecule has 1 aromatic carbocycles. The van der Waals surface area contributed by atoms with Crippen LogP contribution in [-0.4, -0.2) is 10.2 Å². The van der Waals surface area contributed by atoms with E-state index in [2.05, 4.69) is 42.2 Å². The van der Waals surface area contributed by atoms with Gasteiger partial charge in [0.05, 0.1) is 0 Å². The van der Waals surface area contributed by atoms with Crippen molar-refractivity contribution in [2.24, 2.45) is 0 Å². The summed E-state index contributed by atoms with van der Waals surface area (Å²) < 4.78 is 0. The topological polar surface area (TPSA) is 25.8 Å². The Morgan fingerprint density at radius 1 is 1.00 bits per heavy atom. The second-order valence-electron chi connectivity index (χ2n) is 4.09. The van der Waals surface area contributed by atoms with E-state index in [-0.39, 0.29) is 0 Å². The minimum absolute atomic E-state index is 0.370. The van der Waals surface area contributed by atoms with Crippen LogP contribution in [0, 0.1) is 13.8 Å². The highest BCUT2D eigenvalue weighted by molar-refractivity contribution is 6.31. The number of hydrogen-bond acceptors (Lipinski definition) is 2. The summed E-state index contributed by atoms with van der Waals surface area (Å²) >= 11 is 11.8. The van der Waals surface area contributed by atoms with Crippen LogP contribution in [0.1, 0.15) is 22.3 Å². The Balaban J connectivity index is 2.34. The molecule has 1 aromatic heterocycles. The average molecular weight is 267 g/mol. The fraction of sp³-hybridized carbons (Fsp3) is 0.231. The molecule has 0 aliphatic carbocycles. The predicted molar refractivity (Wildman–Crippen MR) is 70.8 cm³/mol. The van der Waals surface area contributed by atoms with Gasteiger partial charge in [-0.3, -0.25) is 0 Å². The lowest BCUT2D eigenvalue weighted by Gasteiger charge is -2.08. The SMILES string of the molecule is Cc1ccc(Cc2cc(Cl)nnc2Cl)c(C)c1. The fourth-order valence-corrected chi connectivity index (χ4v) is 2.09. The maximum atomic E-state index is 6.00. The number of aromatic nitrogens is 2. The Bertz CT molecular complexity index is 553. The molecule has 0 bridgehead atoms. The van der Waals surface area contributed by atoms with Crippen LogP contribution in [0.25, 0.3) is 0 Å². The lowest BCUT2D eigenvalue weighted by molar-refractivity contribution is 0.992. The lowest BCUT2D eigenvalue weighted by Crippen LogP contribution is -1.96. The van der Waals surface area contributed by atoms with Crippen LogP contribution in [0.5, 0.6) is 0 Å². The molecule has 0 saturated heterocycles. The zero-order valence-corrected chi connectivity index (χ0v) is 11.2. The minimum Gasteiger partial charge on any atom is -0.137 e. The van der Waals surface area contributed by atoms with Gasteiger partial charge in [-0.25, -0.2) is 0 Å². The van der Waals surface area contributed by atoms with Gasteiger partial charge in [0.25, 0.3) is 0 Å². The standard InChI is InChI=1S/C13H12Cl2N2/c1-8-3-4-10(9(2)5-8)6-11-7-12(14)16-17-13(11)15/h3-5,7H,6H2,1-2H3. The zero-order valence-electron chi connectivity index (χ0n) is 9.67. The third kappa shape index (κ3) is 2.96. The number of rotatable bonds is 2. The molecule has 0 aliphatic rings. The summed E-state index contributed by atoms with van der Waals surface area (Å²) in [6.45, 7) is 4.17. The first-order valence-corrected chi connectivity index (χ1v) is 6.05. The highest BCUT2D eigenvalue weighted by Gasteiger charge is 2.07. The molecular formula is C13H12Cl2N2. The molecule has 2 rings (SSSR count). The van der Waals surface area contributed by atoms with Gasteiger partial charge in [-0.2, -0.15) is 0 Å². The van der Waals surface area contributed by atoms with Crippen molar-refractivity contribution >= 4 is 23.2 Å². The monoisotopic (exact) mass is 266 g/mol. The molecule has 0 N–H and O–H groups in total. The number of halogens is 2. The Morgan fingerprint density at radius 3 is 2.47 bits per heavy atom. The summed E-state index contributed by atoms with van der Waals surface area (Å²) in [6, 6.07) is 8.11. The third-order valence-electron chi connectivity index (χ3n) is 2.67. The summed E-state index contributed by atoms with van der Waals surface area (Å²) in [6.07, 6.45) is 0.722. The molecule has 2 nitrogen and oxygen atoms in total. The first-order valence-electron chi connectivity index (χ1n) is 5.30. The first kappa shape index (κ1) is 12.3. The van der Waals surface area contributed by atoms with E-state index in [1.807, 2.05) is 0 Å². The molecule has 0 amide bonds. The van der Waals surface area contributed by atoms with Crippen molar-refractivity contribution in [2.45, 2.75) is 20.3 Å². The highest BCUT2D eigenvalue weighted by atomic mass is 35.5. The van der Waals surface area contributed by atoms with Crippen molar-refractivity contribution in [3.05, 3.63) is 56.8 Å². The molecule has 0 aliphatic heterocycles. The summed E-state index contributed by atoms with van der Waals surface area (Å²) in [4.78, 5) is 0. The molecule has 0 radical (unpaired) electrons. The van der Waals surface area contributed by atoms with E-state index in [0.717, 1.165) is 12.0 Å². The van der Waals surface area contributed by atoms with Crippen LogP contribution >= 0.6 is 23.2 Å². The van der Waals surface area contributed by atoms with Crippen molar-refractivity contribution in [1.29, 1.82) is 0 Å². The second-order valence-corrected chi connectivity index (χ2v) is 4.84. The third-order valence-corrected chi connectivity index (χ3v) is 3.17. The molecule has 4 heteroatoms. The van der Waals surface area contributed by atoms with Gasteiger partial charge in [0.1, 0.15) is 0 Å². The van der Waals surface area contributed by atoms with Crippen LogP contribution in [-0.2, 0) is 6.42 Å². The molecule has 17 heavy (non-hydrogen) atoms. The van der Waals surface area contributed by atoms with Crippen molar-refractivity contribution in [3.8, 4) is 0 Å². The molecule has 0 spiro atoms. The summed E-state index contributed by atoms with van der Waals surface area (Å²) in [5.41, 5.74) is 4.62. The summed E-state index contributed by atoms with van der Waals surface area (Å²) in [7, 11) is 0. The number of hydrogen-bond donors (Lipinski definition) is 0. The predicted octanol–water partition coefficient (Wildman–Crippen LogP) is 3.99. The Labute approximate surface area is 111 Å². The molecular weight excluding hydrogens is 255 g/mol. The maximum absolute atomic E-state index is 6.00. The Kier molecular flexibility index (Phi) is 3.65. The molecule has 0 unspecified atom stereocenters. The zero-order chi connectivity index (χ0) is 12.4. The van der Waals surface area contributed by atoms with Crippen molar-refractivity contribution in [1.82, 2.24) is 10.2 Å². The van der Waals surface area contributed by atoms with E-state index in [4.69, 9.17) is 23.2 Å². The van der Waals surface area contributed by atoms with Crippen LogP contribution in [0.2, 0.25) is 10.3 Å². The smallest absolute Gasteiger partial charge is 0.137 e. The van der Waals surface area contributed by atoms with Gasteiger partial charge in [-0.1, -0.05) is 47.0 Å². The van der Waals surface area contributed by atoms with E-state index in [0.29, 0.717) is 10.3 Å². The van der Waals surface area contributed by atoms with Gasteiger partial charge in [0, 0.05) is 6.42 Å². The van der Waals surface area contributed by atoms with Gasteiger partial charge < -0.3 is 0 Å². The second kappa shape index (κ2) is 5.03. The van der Waals surface area contributed by atoms with Crippen LogP contribution in [0.4, 0.5) is 0 Å². The van der Waals surface area contributed by atoms with E-state index in [1.54, 1.807) is 6.07 Å². The van der Waals surface area contributed by atoms with Crippen molar-refractivity contribution in [3.63, 3.8) is 0 Å². The Morgan fingerprint density at radius 2 is 1.76 bits per heavy atom. The quantitative estimate of drug-likeness (QED) is 0.822. The fourth-order valence-electron chi connectivity index (χ4n) is 1.76. The maximum Gasteiger partial charge on any atom is 0.155 e. The van der Waals surface area contributed by atoms with Crippen LogP contribution < -0.4 is 0 Å². The highest BCUT2D eigenvalue weighted by Crippen LogP contribution is 2.21. The molecule has 0 fully saturated rings. The average Bonchev–Trinajstić information content (AvgIpc) is 2.27. The van der Waals surface area contributed by atoms with Crippen molar-refractivity contribution in [2.75, 3.05) is 0 Å². The van der Waals surface area contributed by atoms with Crippen LogP contribution in [0.15, 0.2) is 24.3 Å². The van der Waals surface area contributed by atoms with Crippen LogP contribution in [0.3, 0.4) is 0 Å². The lowest BCUT2D eigenvalue weighted by atomic mass is 10.00. The van der Waals surface area contributed by atoms with Gasteiger partial charge in [-0.05, 0) is 36.6 Å². The van der Waals surface area contributed by atoms with Crippen molar-refractivity contribution < 1.29 is 0 Å². The number of benzene rings is 1. The summed E-state index contributed by atoms with van der Waals surface area (Å²) in [5.74, 6) is 0. The van der Waals surface area contributed by atoms with E-state index in [9.17, 15) is 0 Å². The van der Waals surface area contributed by atoms with Gasteiger partial charge >= 0.3 is 0 Å². The normalized spacial score (nSPS) is 10.6. The van der Waals surface area contributed by atoms with E-state index in [1.165, 1.54) is 16.7 Å².